The lowest BCUT2D eigenvalue weighted by Gasteiger charge is -2.10. The minimum Gasteiger partial charge on any atom is -0.495 e. The zero-order valence-electron chi connectivity index (χ0n) is 12.2. The maximum absolute atomic E-state index is 13.1. The third-order valence-electron chi connectivity index (χ3n) is 3.01. The van der Waals surface area contributed by atoms with Crippen LogP contribution in [0.1, 0.15) is 5.56 Å². The molecule has 122 valence electrons. The molecule has 8 heteroatoms. The largest absolute Gasteiger partial charge is 0.495 e. The molecule has 0 radical (unpaired) electrons. The van der Waals surface area contributed by atoms with Gasteiger partial charge >= 0.3 is 0 Å². The Morgan fingerprint density at radius 1 is 1.26 bits per heavy atom. The summed E-state index contributed by atoms with van der Waals surface area (Å²) in [7, 11) is -2.68. The van der Waals surface area contributed by atoms with E-state index < -0.39 is 21.7 Å². The molecule has 6 nitrogen and oxygen atoms in total. The zero-order chi connectivity index (χ0) is 17.0. The molecule has 0 heterocycles. The van der Waals surface area contributed by atoms with Crippen LogP contribution in [0.2, 0.25) is 0 Å². The molecular formula is C15H15FN2O4S. The molecule has 0 unspecified atom stereocenters. The Balaban J connectivity index is 2.18. The highest BCUT2D eigenvalue weighted by molar-refractivity contribution is 7.89. The van der Waals surface area contributed by atoms with Gasteiger partial charge in [0.25, 0.3) is 0 Å². The molecule has 0 saturated carbocycles. The number of carbonyl (C=O) groups excluding carboxylic acids is 1. The lowest BCUT2D eigenvalue weighted by atomic mass is 10.1. The Labute approximate surface area is 133 Å². The Bertz CT molecular complexity index is 837. The number of hydrogen-bond acceptors (Lipinski definition) is 4. The fourth-order valence-corrected chi connectivity index (χ4v) is 2.74. The summed E-state index contributed by atoms with van der Waals surface area (Å²) < 4.78 is 41.1. The first-order chi connectivity index (χ1) is 10.8. The monoisotopic (exact) mass is 338 g/mol. The van der Waals surface area contributed by atoms with Gasteiger partial charge in [-0.3, -0.25) is 4.79 Å². The van der Waals surface area contributed by atoms with Crippen molar-refractivity contribution in [3.63, 3.8) is 0 Å². The second-order valence-corrected chi connectivity index (χ2v) is 6.30. The molecule has 23 heavy (non-hydrogen) atoms. The van der Waals surface area contributed by atoms with Crippen molar-refractivity contribution in [3.8, 4) is 5.75 Å². The van der Waals surface area contributed by atoms with E-state index in [-0.39, 0.29) is 22.8 Å². The first kappa shape index (κ1) is 16.9. The third kappa shape index (κ3) is 4.51. The predicted octanol–water partition coefficient (Wildman–Crippen LogP) is 1.66. The van der Waals surface area contributed by atoms with E-state index >= 15 is 0 Å². The number of ether oxygens (including phenoxy) is 1. The molecule has 0 bridgehead atoms. The highest BCUT2D eigenvalue weighted by atomic mass is 32.2. The van der Waals surface area contributed by atoms with Crippen molar-refractivity contribution < 1.29 is 22.3 Å². The SMILES string of the molecule is COc1ccc(NC(=O)Cc2cccc(F)c2)cc1S(N)(=O)=O. The second-order valence-electron chi connectivity index (χ2n) is 4.77. The molecule has 0 aliphatic rings. The molecule has 2 rings (SSSR count). The molecular weight excluding hydrogens is 323 g/mol. The first-order valence-electron chi connectivity index (χ1n) is 6.55. The van der Waals surface area contributed by atoms with Crippen LogP contribution in [0.4, 0.5) is 10.1 Å². The van der Waals surface area contributed by atoms with E-state index in [2.05, 4.69) is 5.32 Å². The van der Waals surface area contributed by atoms with Gasteiger partial charge in [-0.2, -0.15) is 0 Å². The van der Waals surface area contributed by atoms with Gasteiger partial charge in [-0.15, -0.1) is 0 Å². The van der Waals surface area contributed by atoms with Crippen LogP contribution >= 0.6 is 0 Å². The quantitative estimate of drug-likeness (QED) is 0.866. The van der Waals surface area contributed by atoms with Crippen LogP contribution in [0, 0.1) is 5.82 Å². The maximum Gasteiger partial charge on any atom is 0.241 e. The van der Waals surface area contributed by atoms with Crippen molar-refractivity contribution in [1.82, 2.24) is 0 Å². The average molecular weight is 338 g/mol. The normalized spacial score (nSPS) is 11.1. The number of benzene rings is 2. The van der Waals surface area contributed by atoms with Crippen LogP contribution in [0.25, 0.3) is 0 Å². The van der Waals surface area contributed by atoms with Crippen LogP contribution in [0.15, 0.2) is 47.4 Å². The van der Waals surface area contributed by atoms with Gasteiger partial charge in [0, 0.05) is 5.69 Å². The zero-order valence-corrected chi connectivity index (χ0v) is 13.1. The molecule has 1 amide bonds. The van der Waals surface area contributed by atoms with Crippen LogP contribution in [-0.4, -0.2) is 21.4 Å². The van der Waals surface area contributed by atoms with Crippen LogP contribution < -0.4 is 15.2 Å². The van der Waals surface area contributed by atoms with Gasteiger partial charge in [0.05, 0.1) is 13.5 Å². The summed E-state index contributed by atoms with van der Waals surface area (Å²) in [6, 6.07) is 9.73. The Morgan fingerprint density at radius 3 is 2.61 bits per heavy atom. The molecule has 2 aromatic carbocycles. The summed E-state index contributed by atoms with van der Waals surface area (Å²) in [5, 5.41) is 7.65. The topological polar surface area (TPSA) is 98.5 Å². The van der Waals surface area contributed by atoms with Crippen molar-refractivity contribution in [2.45, 2.75) is 11.3 Å². The number of anilines is 1. The summed E-state index contributed by atoms with van der Waals surface area (Å²) in [5.41, 5.74) is 0.749. The van der Waals surface area contributed by atoms with Gasteiger partial charge in [-0.05, 0) is 35.9 Å². The summed E-state index contributed by atoms with van der Waals surface area (Å²) in [4.78, 5) is 11.7. The van der Waals surface area contributed by atoms with E-state index in [1.165, 1.54) is 43.5 Å². The molecule has 3 N–H and O–H groups in total. The predicted molar refractivity (Wildman–Crippen MR) is 83.1 cm³/mol. The summed E-state index contributed by atoms with van der Waals surface area (Å²) in [6.07, 6.45) is -0.0471. The number of methoxy groups -OCH3 is 1. The molecule has 0 spiro atoms. The number of nitrogens with two attached hydrogens (primary N) is 1. The number of amides is 1. The fraction of sp³-hybridized carbons (Fsp3) is 0.133. The number of halogens is 1. The van der Waals surface area contributed by atoms with E-state index in [0.29, 0.717) is 5.56 Å². The molecule has 0 fully saturated rings. The number of primary sulfonamides is 1. The van der Waals surface area contributed by atoms with Crippen LogP contribution in [-0.2, 0) is 21.2 Å². The van der Waals surface area contributed by atoms with E-state index in [4.69, 9.17) is 9.88 Å². The van der Waals surface area contributed by atoms with E-state index in [1.54, 1.807) is 6.07 Å². The summed E-state index contributed by atoms with van der Waals surface area (Å²) in [6.45, 7) is 0. The van der Waals surface area contributed by atoms with Crippen molar-refractivity contribution in [2.24, 2.45) is 5.14 Å². The van der Waals surface area contributed by atoms with E-state index in [1.807, 2.05) is 0 Å². The standard InChI is InChI=1S/C15H15FN2O4S/c1-22-13-6-5-12(9-14(13)23(17,20)21)18-15(19)8-10-3-2-4-11(16)7-10/h2-7,9H,8H2,1H3,(H,18,19)(H2,17,20,21). The molecule has 0 aromatic heterocycles. The molecule has 0 aliphatic heterocycles. The number of sulfonamides is 1. The minimum absolute atomic E-state index is 0.0471. The Hall–Kier alpha value is -2.45. The van der Waals surface area contributed by atoms with Crippen LogP contribution in [0.5, 0.6) is 5.75 Å². The second kappa shape index (κ2) is 6.76. The van der Waals surface area contributed by atoms with Crippen molar-refractivity contribution in [1.29, 1.82) is 0 Å². The van der Waals surface area contributed by atoms with Gasteiger partial charge < -0.3 is 10.1 Å². The van der Waals surface area contributed by atoms with Crippen molar-refractivity contribution in [2.75, 3.05) is 12.4 Å². The Morgan fingerprint density at radius 2 is 2.00 bits per heavy atom. The van der Waals surface area contributed by atoms with Gasteiger partial charge in [-0.1, -0.05) is 12.1 Å². The minimum atomic E-state index is -3.99. The molecule has 0 atom stereocenters. The van der Waals surface area contributed by atoms with Crippen molar-refractivity contribution in [3.05, 3.63) is 53.8 Å². The highest BCUT2D eigenvalue weighted by Gasteiger charge is 2.16. The fourth-order valence-electron chi connectivity index (χ4n) is 2.01. The lowest BCUT2D eigenvalue weighted by molar-refractivity contribution is -0.115. The van der Waals surface area contributed by atoms with E-state index in [9.17, 15) is 17.6 Å². The smallest absolute Gasteiger partial charge is 0.241 e. The van der Waals surface area contributed by atoms with Crippen LogP contribution in [0.3, 0.4) is 0 Å². The van der Waals surface area contributed by atoms with Gasteiger partial charge in [0.15, 0.2) is 0 Å². The summed E-state index contributed by atoms with van der Waals surface area (Å²) >= 11 is 0. The van der Waals surface area contributed by atoms with Gasteiger partial charge in [-0.25, -0.2) is 17.9 Å². The molecule has 0 saturated heterocycles. The molecule has 0 aliphatic carbocycles. The number of nitrogens with one attached hydrogen (secondary N) is 1. The van der Waals surface area contributed by atoms with Crippen molar-refractivity contribution >= 4 is 21.6 Å². The molecule has 2 aromatic rings. The average Bonchev–Trinajstić information content (AvgIpc) is 2.46. The number of hydrogen-bond donors (Lipinski definition) is 2. The maximum atomic E-state index is 13.1. The van der Waals surface area contributed by atoms with Gasteiger partial charge in [0.1, 0.15) is 16.5 Å². The third-order valence-corrected chi connectivity index (χ3v) is 3.94. The lowest BCUT2D eigenvalue weighted by Crippen LogP contribution is -2.17. The highest BCUT2D eigenvalue weighted by Crippen LogP contribution is 2.26. The number of carbonyl (C=O) groups is 1. The van der Waals surface area contributed by atoms with E-state index in [0.717, 1.165) is 0 Å². The Kier molecular flexibility index (Phi) is 4.97. The summed E-state index contributed by atoms with van der Waals surface area (Å²) in [5.74, 6) is -0.770. The first-order valence-corrected chi connectivity index (χ1v) is 8.09. The van der Waals surface area contributed by atoms with Gasteiger partial charge in [0.2, 0.25) is 15.9 Å². The number of rotatable bonds is 5.